The summed E-state index contributed by atoms with van der Waals surface area (Å²) in [6.45, 7) is 7.63. The van der Waals surface area contributed by atoms with Crippen molar-refractivity contribution in [3.63, 3.8) is 0 Å². The summed E-state index contributed by atoms with van der Waals surface area (Å²) in [5.74, 6) is 0.957. The molecule has 0 aliphatic rings. The van der Waals surface area contributed by atoms with Crippen molar-refractivity contribution in [2.45, 2.75) is 258 Å². The van der Waals surface area contributed by atoms with Crippen LogP contribution in [0.4, 0.5) is 0 Å². The number of carbonyl (C=O) groups is 1. The average Bonchev–Trinajstić information content (AvgIpc) is 3.08. The number of ether oxygens (including phenoxy) is 1. The third-order valence-electron chi connectivity index (χ3n) is 10.4. The largest absolute Gasteiger partial charge is 0.466 e. The zero-order valence-electron chi connectivity index (χ0n) is 32.9. The Kier molecular flexibility index (Phi) is 40.7. The molecular formula is C45H88O2. The van der Waals surface area contributed by atoms with Crippen molar-refractivity contribution in [2.75, 3.05) is 6.61 Å². The monoisotopic (exact) mass is 661 g/mol. The SMILES string of the molecule is CCCCCCCCC=CCCCCCCCCCCCC(=O)OCCCCCCCCCCCCCCCCCCCC(C)CC. The van der Waals surface area contributed by atoms with Crippen LogP contribution in [0.3, 0.4) is 0 Å². The highest BCUT2D eigenvalue weighted by atomic mass is 16.5. The van der Waals surface area contributed by atoms with Gasteiger partial charge in [-0.25, -0.2) is 0 Å². The Morgan fingerprint density at radius 3 is 1.19 bits per heavy atom. The molecule has 0 N–H and O–H groups in total. The third kappa shape index (κ3) is 41.3. The molecular weight excluding hydrogens is 572 g/mol. The number of carbonyl (C=O) groups excluding carboxylic acids is 1. The molecule has 0 amide bonds. The number of hydrogen-bond acceptors (Lipinski definition) is 2. The molecule has 0 saturated carbocycles. The first-order valence-corrected chi connectivity index (χ1v) is 22.0. The van der Waals surface area contributed by atoms with Crippen LogP contribution in [0.25, 0.3) is 0 Å². The van der Waals surface area contributed by atoms with Crippen LogP contribution in [0.1, 0.15) is 258 Å². The first-order valence-electron chi connectivity index (χ1n) is 22.0. The van der Waals surface area contributed by atoms with Gasteiger partial charge < -0.3 is 4.74 Å². The van der Waals surface area contributed by atoms with Crippen LogP contribution in [0.5, 0.6) is 0 Å². The van der Waals surface area contributed by atoms with E-state index in [1.54, 1.807) is 0 Å². The first kappa shape index (κ1) is 46.2. The number of allylic oxidation sites excluding steroid dienone is 2. The molecule has 0 aliphatic carbocycles. The van der Waals surface area contributed by atoms with Gasteiger partial charge in [0.25, 0.3) is 0 Å². The summed E-state index contributed by atoms with van der Waals surface area (Å²) < 4.78 is 5.48. The minimum absolute atomic E-state index is 0.0264. The molecule has 0 aromatic carbocycles. The summed E-state index contributed by atoms with van der Waals surface area (Å²) in [4.78, 5) is 12.0. The fourth-order valence-corrected chi connectivity index (χ4v) is 6.76. The highest BCUT2D eigenvalue weighted by Gasteiger charge is 2.03. The van der Waals surface area contributed by atoms with Gasteiger partial charge in [-0.15, -0.1) is 0 Å². The van der Waals surface area contributed by atoms with Crippen molar-refractivity contribution < 1.29 is 9.53 Å². The maximum Gasteiger partial charge on any atom is 0.305 e. The highest BCUT2D eigenvalue weighted by molar-refractivity contribution is 5.69. The lowest BCUT2D eigenvalue weighted by Crippen LogP contribution is -2.05. The normalized spacial score (nSPS) is 12.3. The minimum atomic E-state index is 0.0264. The summed E-state index contributed by atoms with van der Waals surface area (Å²) in [6.07, 6.45) is 54.4. The summed E-state index contributed by atoms with van der Waals surface area (Å²) in [7, 11) is 0. The van der Waals surface area contributed by atoms with E-state index in [0.717, 1.165) is 18.8 Å². The Morgan fingerprint density at radius 2 is 0.787 bits per heavy atom. The van der Waals surface area contributed by atoms with Gasteiger partial charge in [0.1, 0.15) is 0 Å². The van der Waals surface area contributed by atoms with E-state index in [9.17, 15) is 4.79 Å². The number of unbranched alkanes of at least 4 members (excludes halogenated alkanes) is 31. The van der Waals surface area contributed by atoms with Gasteiger partial charge in [-0.2, -0.15) is 0 Å². The molecule has 47 heavy (non-hydrogen) atoms. The van der Waals surface area contributed by atoms with Gasteiger partial charge in [0.15, 0.2) is 0 Å². The average molecular weight is 661 g/mol. The molecule has 0 spiro atoms. The van der Waals surface area contributed by atoms with Crippen molar-refractivity contribution in [3.8, 4) is 0 Å². The second kappa shape index (κ2) is 41.4. The van der Waals surface area contributed by atoms with E-state index in [4.69, 9.17) is 4.74 Å². The Balaban J connectivity index is 3.18. The molecule has 280 valence electrons. The highest BCUT2D eigenvalue weighted by Crippen LogP contribution is 2.17. The smallest absolute Gasteiger partial charge is 0.305 e. The first-order chi connectivity index (χ1) is 23.2. The van der Waals surface area contributed by atoms with E-state index in [1.165, 1.54) is 218 Å². The van der Waals surface area contributed by atoms with Gasteiger partial charge in [-0.3, -0.25) is 4.79 Å². The molecule has 0 radical (unpaired) electrons. The van der Waals surface area contributed by atoms with Gasteiger partial charge >= 0.3 is 5.97 Å². The van der Waals surface area contributed by atoms with Crippen molar-refractivity contribution in [1.29, 1.82) is 0 Å². The standard InChI is InChI=1S/C45H88O2/c1-4-6-7-8-9-10-11-12-13-14-15-18-21-24-27-30-33-36-39-42-45(46)47-43-40-37-34-31-28-25-22-19-16-17-20-23-26-29-32-35-38-41-44(3)5-2/h12-13,44H,4-11,14-43H2,1-3H3. The van der Waals surface area contributed by atoms with E-state index in [1.807, 2.05) is 0 Å². The van der Waals surface area contributed by atoms with Crippen LogP contribution in [0.15, 0.2) is 12.2 Å². The zero-order chi connectivity index (χ0) is 34.1. The van der Waals surface area contributed by atoms with Gasteiger partial charge in [0, 0.05) is 6.42 Å². The van der Waals surface area contributed by atoms with E-state index in [2.05, 4.69) is 32.9 Å². The van der Waals surface area contributed by atoms with Crippen LogP contribution in [-0.2, 0) is 9.53 Å². The van der Waals surface area contributed by atoms with E-state index < -0.39 is 0 Å². The van der Waals surface area contributed by atoms with Gasteiger partial charge in [-0.1, -0.05) is 226 Å². The van der Waals surface area contributed by atoms with Crippen molar-refractivity contribution >= 4 is 5.97 Å². The second-order valence-electron chi connectivity index (χ2n) is 15.3. The fraction of sp³-hybridized carbons (Fsp3) is 0.933. The lowest BCUT2D eigenvalue weighted by molar-refractivity contribution is -0.143. The number of esters is 1. The Labute approximate surface area is 297 Å². The van der Waals surface area contributed by atoms with Crippen molar-refractivity contribution in [3.05, 3.63) is 12.2 Å². The molecule has 1 unspecified atom stereocenters. The summed E-state index contributed by atoms with van der Waals surface area (Å²) in [5, 5.41) is 0. The predicted molar refractivity (Wildman–Crippen MR) is 211 cm³/mol. The summed E-state index contributed by atoms with van der Waals surface area (Å²) in [6, 6.07) is 0. The van der Waals surface area contributed by atoms with E-state index in [-0.39, 0.29) is 5.97 Å². The Hall–Kier alpha value is -0.790. The Morgan fingerprint density at radius 1 is 0.447 bits per heavy atom. The van der Waals surface area contributed by atoms with Crippen molar-refractivity contribution in [2.24, 2.45) is 5.92 Å². The Bertz CT molecular complexity index is 611. The van der Waals surface area contributed by atoms with Crippen molar-refractivity contribution in [1.82, 2.24) is 0 Å². The molecule has 2 nitrogen and oxygen atoms in total. The lowest BCUT2D eigenvalue weighted by atomic mass is 9.99. The molecule has 0 bridgehead atoms. The van der Waals surface area contributed by atoms with Gasteiger partial charge in [0.2, 0.25) is 0 Å². The molecule has 0 heterocycles. The minimum Gasteiger partial charge on any atom is -0.466 e. The molecule has 1 atom stereocenters. The molecule has 0 aromatic rings. The van der Waals surface area contributed by atoms with Gasteiger partial charge in [0.05, 0.1) is 6.61 Å². The number of hydrogen-bond donors (Lipinski definition) is 0. The third-order valence-corrected chi connectivity index (χ3v) is 10.4. The fourth-order valence-electron chi connectivity index (χ4n) is 6.76. The van der Waals surface area contributed by atoms with Crippen LogP contribution in [0, 0.1) is 5.92 Å². The molecule has 0 aromatic heterocycles. The zero-order valence-corrected chi connectivity index (χ0v) is 32.9. The lowest BCUT2D eigenvalue weighted by Gasteiger charge is -2.07. The quantitative estimate of drug-likeness (QED) is 0.0371. The van der Waals surface area contributed by atoms with E-state index in [0.29, 0.717) is 13.0 Å². The van der Waals surface area contributed by atoms with Crippen LogP contribution in [-0.4, -0.2) is 12.6 Å². The summed E-state index contributed by atoms with van der Waals surface area (Å²) >= 11 is 0. The maximum atomic E-state index is 12.0. The molecule has 0 aliphatic heterocycles. The van der Waals surface area contributed by atoms with Crippen LogP contribution in [0.2, 0.25) is 0 Å². The summed E-state index contributed by atoms with van der Waals surface area (Å²) in [5.41, 5.74) is 0. The molecule has 0 fully saturated rings. The molecule has 0 saturated heterocycles. The van der Waals surface area contributed by atoms with Crippen LogP contribution >= 0.6 is 0 Å². The van der Waals surface area contributed by atoms with E-state index >= 15 is 0 Å². The van der Waals surface area contributed by atoms with Gasteiger partial charge in [-0.05, 0) is 44.4 Å². The second-order valence-corrected chi connectivity index (χ2v) is 15.3. The molecule has 0 rings (SSSR count). The maximum absolute atomic E-state index is 12.0. The molecule has 2 heteroatoms. The topological polar surface area (TPSA) is 26.3 Å². The van der Waals surface area contributed by atoms with Crippen LogP contribution < -0.4 is 0 Å². The predicted octanol–water partition coefficient (Wildman–Crippen LogP) is 16.2. The number of rotatable bonds is 40.